The number of aromatic nitrogens is 1. The van der Waals surface area contributed by atoms with Gasteiger partial charge in [-0.1, -0.05) is 0 Å². The van der Waals surface area contributed by atoms with E-state index in [2.05, 4.69) is 15.2 Å². The highest BCUT2D eigenvalue weighted by atomic mass is 32.2. The number of piperidine rings is 1. The normalized spacial score (nSPS) is 40.2. The van der Waals surface area contributed by atoms with Crippen molar-refractivity contribution >= 4 is 29.0 Å². The fourth-order valence-corrected chi connectivity index (χ4v) is 7.49. The fourth-order valence-electron chi connectivity index (χ4n) is 5.93. The number of H-pyrrole nitrogens is 1. The van der Waals surface area contributed by atoms with Crippen molar-refractivity contribution in [1.82, 2.24) is 15.2 Å². The molecule has 0 aromatic carbocycles. The Kier molecular flexibility index (Phi) is 1.87. The molecular weight excluding hydrogens is 322 g/mol. The molecule has 120 valence electrons. The highest BCUT2D eigenvalue weighted by Crippen LogP contribution is 2.67. The first kappa shape index (κ1) is 12.6. The van der Waals surface area contributed by atoms with Gasteiger partial charge in [-0.2, -0.15) is 0 Å². The van der Waals surface area contributed by atoms with Crippen LogP contribution in [0, 0.1) is 5.41 Å². The zero-order valence-corrected chi connectivity index (χ0v) is 13.7. The minimum atomic E-state index is -0.231. The molecule has 1 spiro atoms. The topological polar surface area (TPSA) is 65.2 Å². The van der Waals surface area contributed by atoms with Crippen LogP contribution in [0.3, 0.4) is 0 Å². The van der Waals surface area contributed by atoms with Crippen LogP contribution in [-0.4, -0.2) is 45.5 Å². The lowest BCUT2D eigenvalue weighted by Crippen LogP contribution is -2.61. The van der Waals surface area contributed by atoms with Gasteiger partial charge < -0.3 is 9.88 Å². The van der Waals surface area contributed by atoms with Gasteiger partial charge in [-0.15, -0.1) is 11.8 Å². The molecule has 2 N–H and O–H groups in total. The molecule has 5 nitrogen and oxygen atoms in total. The number of rotatable bonds is 0. The molecule has 1 aromatic rings. The number of carbonyl (C=O) groups excluding carboxylic acids is 2. The Bertz CT molecular complexity index is 957. The molecule has 0 saturated carbocycles. The third kappa shape index (κ3) is 1.10. The van der Waals surface area contributed by atoms with Crippen LogP contribution in [0.2, 0.25) is 0 Å². The minimum Gasteiger partial charge on any atom is -0.360 e. The lowest BCUT2D eigenvalue weighted by molar-refractivity contribution is -0.120. The van der Waals surface area contributed by atoms with Crippen LogP contribution >= 0.6 is 11.8 Å². The van der Waals surface area contributed by atoms with Crippen LogP contribution in [0.1, 0.15) is 34.5 Å². The van der Waals surface area contributed by atoms with E-state index in [1.165, 1.54) is 21.7 Å². The molecule has 5 heterocycles. The van der Waals surface area contributed by atoms with Crippen LogP contribution in [-0.2, 0) is 11.2 Å². The number of nitrogens with one attached hydrogen (secondary N) is 2. The number of thioether (sulfide) groups is 1. The standard InChI is InChI=1S/C18H15N3O2S/c22-9-3-10-18-4-8(9)21-2-1-7-6-19-14-12(7)16(21)13(18)15(17(14)23)20-11(5-18)24-10/h3,6,8,11,15,19-20H,1-2,4-5H2/t8-,11-,15-,18-/m0/s1. The summed E-state index contributed by atoms with van der Waals surface area (Å²) < 4.78 is 0. The molecule has 7 rings (SSSR count). The van der Waals surface area contributed by atoms with Crippen LogP contribution < -0.4 is 5.32 Å². The number of Topliss-reactive ketones (excluding diaryl/α,β-unsaturated/α-hetero) is 1. The van der Waals surface area contributed by atoms with Crippen LogP contribution in [0.4, 0.5) is 0 Å². The number of aromatic amines is 1. The second kappa shape index (κ2) is 3.58. The Morgan fingerprint density at radius 2 is 2.21 bits per heavy atom. The average molecular weight is 337 g/mol. The second-order valence-electron chi connectivity index (χ2n) is 7.76. The molecule has 2 saturated heterocycles. The molecule has 4 atom stereocenters. The van der Waals surface area contributed by atoms with Crippen molar-refractivity contribution in [2.24, 2.45) is 5.41 Å². The minimum absolute atomic E-state index is 0.0466. The van der Waals surface area contributed by atoms with E-state index in [9.17, 15) is 9.59 Å². The van der Waals surface area contributed by atoms with E-state index < -0.39 is 0 Å². The van der Waals surface area contributed by atoms with Gasteiger partial charge in [0.25, 0.3) is 0 Å². The van der Waals surface area contributed by atoms with Gasteiger partial charge in [-0.25, -0.2) is 0 Å². The fraction of sp³-hybridized carbons (Fsp3) is 0.444. The Balaban J connectivity index is 1.66. The molecular formula is C18H15N3O2S. The SMILES string of the molecule is O=C1c2[nH]cc3c2C2=C4[C@@H]1N[C@@H]1C[C@]45C[C@@H](C(=O)C=C5S1)N2CC3. The van der Waals surface area contributed by atoms with Crippen LogP contribution in [0.25, 0.3) is 5.70 Å². The van der Waals surface area contributed by atoms with E-state index in [1.54, 1.807) is 11.8 Å². The second-order valence-corrected chi connectivity index (χ2v) is 9.00. The summed E-state index contributed by atoms with van der Waals surface area (Å²) in [6.45, 7) is 0.871. The Labute approximate surface area is 142 Å². The summed E-state index contributed by atoms with van der Waals surface area (Å²) in [5.74, 6) is 0.425. The van der Waals surface area contributed by atoms with E-state index in [-0.39, 0.29) is 34.4 Å². The van der Waals surface area contributed by atoms with Crippen molar-refractivity contribution in [3.05, 3.63) is 39.6 Å². The molecule has 0 unspecified atom stereocenters. The maximum atomic E-state index is 13.2. The van der Waals surface area contributed by atoms with Gasteiger partial charge >= 0.3 is 0 Å². The van der Waals surface area contributed by atoms with Gasteiger partial charge in [0.1, 0.15) is 0 Å². The van der Waals surface area contributed by atoms with E-state index in [1.807, 2.05) is 12.3 Å². The summed E-state index contributed by atoms with van der Waals surface area (Å²) in [6, 6.07) is -0.277. The first-order chi connectivity index (χ1) is 11.7. The predicted molar refractivity (Wildman–Crippen MR) is 89.3 cm³/mol. The largest absolute Gasteiger partial charge is 0.360 e. The first-order valence-electron chi connectivity index (χ1n) is 8.62. The lowest BCUT2D eigenvalue weighted by Gasteiger charge is -2.55. The number of hydrogen-bond acceptors (Lipinski definition) is 5. The van der Waals surface area contributed by atoms with Gasteiger partial charge in [-0.3, -0.25) is 14.9 Å². The van der Waals surface area contributed by atoms with Gasteiger partial charge in [0.15, 0.2) is 5.78 Å². The third-order valence-corrected chi connectivity index (χ3v) is 8.17. The van der Waals surface area contributed by atoms with E-state index in [0.717, 1.165) is 37.1 Å². The van der Waals surface area contributed by atoms with Crippen molar-refractivity contribution in [2.45, 2.75) is 36.7 Å². The van der Waals surface area contributed by atoms with Crippen molar-refractivity contribution in [1.29, 1.82) is 0 Å². The van der Waals surface area contributed by atoms with Crippen molar-refractivity contribution in [3.63, 3.8) is 0 Å². The summed E-state index contributed by atoms with van der Waals surface area (Å²) in [7, 11) is 0. The van der Waals surface area contributed by atoms with Crippen LogP contribution in [0.15, 0.2) is 22.8 Å². The summed E-state index contributed by atoms with van der Waals surface area (Å²) in [5.41, 5.74) is 5.45. The Morgan fingerprint density at radius 1 is 1.29 bits per heavy atom. The Morgan fingerprint density at radius 3 is 3.12 bits per heavy atom. The molecule has 4 aliphatic heterocycles. The number of carbonyl (C=O) groups is 2. The van der Waals surface area contributed by atoms with Crippen molar-refractivity contribution in [3.8, 4) is 0 Å². The summed E-state index contributed by atoms with van der Waals surface area (Å²) >= 11 is 1.77. The highest BCUT2D eigenvalue weighted by Gasteiger charge is 2.64. The highest BCUT2D eigenvalue weighted by molar-refractivity contribution is 8.04. The van der Waals surface area contributed by atoms with Crippen LogP contribution in [0.5, 0.6) is 0 Å². The molecule has 2 fully saturated rings. The number of fused-ring (bicyclic) bond motifs is 3. The molecule has 6 aliphatic rings. The lowest BCUT2D eigenvalue weighted by atomic mass is 9.59. The Hall–Kier alpha value is -1.79. The summed E-state index contributed by atoms with van der Waals surface area (Å²) in [5, 5.41) is 3.81. The van der Waals surface area contributed by atoms with Crippen molar-refractivity contribution in [2.75, 3.05) is 6.54 Å². The summed E-state index contributed by atoms with van der Waals surface area (Å²) in [4.78, 5) is 32.7. The molecule has 1 aromatic heterocycles. The molecule has 3 bridgehead atoms. The maximum Gasteiger partial charge on any atom is 0.200 e. The molecule has 2 aliphatic carbocycles. The smallest absolute Gasteiger partial charge is 0.200 e. The predicted octanol–water partition coefficient (Wildman–Crippen LogP) is 1.44. The number of nitrogens with zero attached hydrogens (tertiary/aromatic N) is 1. The molecule has 0 radical (unpaired) electrons. The third-order valence-electron chi connectivity index (χ3n) is 6.82. The summed E-state index contributed by atoms with van der Waals surface area (Å²) in [6.07, 6.45) is 6.66. The number of hydrogen-bond donors (Lipinski definition) is 2. The van der Waals surface area contributed by atoms with Gasteiger partial charge in [0, 0.05) is 34.3 Å². The van der Waals surface area contributed by atoms with Gasteiger partial charge in [0.2, 0.25) is 5.78 Å². The van der Waals surface area contributed by atoms with Crippen molar-refractivity contribution < 1.29 is 9.59 Å². The molecule has 24 heavy (non-hydrogen) atoms. The maximum absolute atomic E-state index is 13.2. The molecule has 0 amide bonds. The van der Waals surface area contributed by atoms with E-state index in [0.29, 0.717) is 0 Å². The molecule has 6 heteroatoms. The van der Waals surface area contributed by atoms with E-state index >= 15 is 0 Å². The zero-order chi connectivity index (χ0) is 15.8. The average Bonchev–Trinajstić information content (AvgIpc) is 3.11. The van der Waals surface area contributed by atoms with Gasteiger partial charge in [-0.05, 0) is 36.5 Å². The van der Waals surface area contributed by atoms with E-state index in [4.69, 9.17) is 0 Å². The number of ketones is 2. The first-order valence-corrected chi connectivity index (χ1v) is 9.50. The number of allylic oxidation sites excluding steroid dienone is 1. The zero-order valence-electron chi connectivity index (χ0n) is 12.9. The van der Waals surface area contributed by atoms with Gasteiger partial charge in [0.05, 0.1) is 23.2 Å². The quantitative estimate of drug-likeness (QED) is 0.750. The monoisotopic (exact) mass is 337 g/mol.